The van der Waals surface area contributed by atoms with Crippen molar-refractivity contribution in [2.24, 2.45) is 10.8 Å². The molecule has 2 fully saturated rings. The fourth-order valence-electron chi connectivity index (χ4n) is 2.27. The van der Waals surface area contributed by atoms with Gasteiger partial charge in [0.25, 0.3) is 0 Å². The second-order valence-electron chi connectivity index (χ2n) is 6.92. The first-order chi connectivity index (χ1) is 12.0. The van der Waals surface area contributed by atoms with Crippen molar-refractivity contribution in [3.8, 4) is 0 Å². The molecule has 0 N–H and O–H groups in total. The van der Waals surface area contributed by atoms with Gasteiger partial charge in [0.2, 0.25) is 0 Å². The Bertz CT molecular complexity index is 507. The topological polar surface area (TPSA) is 71.1 Å². The van der Waals surface area contributed by atoms with Crippen LogP contribution in [0.15, 0.2) is 0 Å². The summed E-state index contributed by atoms with van der Waals surface area (Å²) >= 11 is 23.6. The van der Waals surface area contributed by atoms with E-state index in [9.17, 15) is 9.59 Å². The highest BCUT2D eigenvalue weighted by Crippen LogP contribution is 2.64. The predicted molar refractivity (Wildman–Crippen MR) is 97.9 cm³/mol. The molecule has 0 aromatic carbocycles. The van der Waals surface area contributed by atoms with Crippen molar-refractivity contribution in [2.75, 3.05) is 39.6 Å². The zero-order chi connectivity index (χ0) is 19.6. The Morgan fingerprint density at radius 2 is 0.962 bits per heavy atom. The third-order valence-electron chi connectivity index (χ3n) is 4.71. The Morgan fingerprint density at radius 3 is 1.23 bits per heavy atom. The molecular formula is C16H22Cl4O6. The summed E-state index contributed by atoms with van der Waals surface area (Å²) in [5.74, 6) is -0.849. The summed E-state index contributed by atoms with van der Waals surface area (Å²) in [6, 6.07) is 0. The van der Waals surface area contributed by atoms with Crippen molar-refractivity contribution < 1.29 is 28.5 Å². The van der Waals surface area contributed by atoms with E-state index in [1.54, 1.807) is 13.8 Å². The molecule has 0 spiro atoms. The molecule has 2 aliphatic carbocycles. The highest BCUT2D eigenvalue weighted by Gasteiger charge is 2.69. The largest absolute Gasteiger partial charge is 0.463 e. The van der Waals surface area contributed by atoms with Gasteiger partial charge in [0.05, 0.1) is 26.4 Å². The standard InChI is InChI=1S/C16H22Cl4O6/c1-13(9-15(13,17)18)11(21)25-7-5-23-3-4-24-6-8-26-12(22)14(2)10-16(14,19)20/h3-10H2,1-2H3. The van der Waals surface area contributed by atoms with Crippen molar-refractivity contribution in [1.29, 1.82) is 0 Å². The van der Waals surface area contributed by atoms with Crippen molar-refractivity contribution in [3.63, 3.8) is 0 Å². The van der Waals surface area contributed by atoms with Crippen molar-refractivity contribution in [2.45, 2.75) is 35.4 Å². The van der Waals surface area contributed by atoms with E-state index in [-0.39, 0.29) is 26.4 Å². The Labute approximate surface area is 172 Å². The van der Waals surface area contributed by atoms with Crippen molar-refractivity contribution in [3.05, 3.63) is 0 Å². The molecule has 2 atom stereocenters. The number of carbonyl (C=O) groups excluding carboxylic acids is 2. The molecule has 0 aliphatic heterocycles. The van der Waals surface area contributed by atoms with Crippen LogP contribution < -0.4 is 0 Å². The van der Waals surface area contributed by atoms with Gasteiger partial charge in [0, 0.05) is 12.8 Å². The molecule has 0 heterocycles. The van der Waals surface area contributed by atoms with E-state index in [1.807, 2.05) is 0 Å². The Balaban J connectivity index is 1.40. The summed E-state index contributed by atoms with van der Waals surface area (Å²) in [7, 11) is 0. The highest BCUT2D eigenvalue weighted by atomic mass is 35.5. The van der Waals surface area contributed by atoms with Gasteiger partial charge in [0.1, 0.15) is 32.7 Å². The van der Waals surface area contributed by atoms with Crippen molar-refractivity contribution >= 4 is 58.3 Å². The first-order valence-corrected chi connectivity index (χ1v) is 9.73. The molecule has 26 heavy (non-hydrogen) atoms. The molecule has 0 saturated heterocycles. The molecule has 150 valence electrons. The zero-order valence-electron chi connectivity index (χ0n) is 14.6. The summed E-state index contributed by atoms with van der Waals surface area (Å²) in [5.41, 5.74) is -1.67. The van der Waals surface area contributed by atoms with Gasteiger partial charge < -0.3 is 18.9 Å². The van der Waals surface area contributed by atoms with Crippen molar-refractivity contribution in [1.82, 2.24) is 0 Å². The second kappa shape index (κ2) is 8.18. The predicted octanol–water partition coefficient (Wildman–Crippen LogP) is 3.27. The van der Waals surface area contributed by atoms with Gasteiger partial charge in [-0.1, -0.05) is 0 Å². The summed E-state index contributed by atoms with van der Waals surface area (Å²) < 4.78 is 18.6. The number of hydrogen-bond donors (Lipinski definition) is 0. The SMILES string of the molecule is CC1(C(=O)OCCOCCOCCOC(=O)C2(C)CC2(Cl)Cl)CC1(Cl)Cl. The molecule has 0 aromatic rings. The Morgan fingerprint density at radius 1 is 0.692 bits per heavy atom. The van der Waals surface area contributed by atoms with E-state index >= 15 is 0 Å². The van der Waals surface area contributed by atoms with Gasteiger partial charge in [-0.25, -0.2) is 0 Å². The maximum absolute atomic E-state index is 11.8. The Kier molecular flexibility index (Phi) is 7.02. The quantitative estimate of drug-likeness (QED) is 0.272. The van der Waals surface area contributed by atoms with Crippen LogP contribution in [-0.2, 0) is 28.5 Å². The lowest BCUT2D eigenvalue weighted by atomic mass is 10.1. The third kappa shape index (κ3) is 4.89. The lowest BCUT2D eigenvalue weighted by molar-refractivity contribution is -0.152. The molecule has 2 rings (SSSR count). The summed E-state index contributed by atoms with van der Waals surface area (Å²) in [4.78, 5) is 23.6. The molecular weight excluding hydrogens is 430 g/mol. The average molecular weight is 452 g/mol. The maximum Gasteiger partial charge on any atom is 0.315 e. The molecule has 2 aliphatic rings. The monoisotopic (exact) mass is 450 g/mol. The number of esters is 2. The summed E-state index contributed by atoms with van der Waals surface area (Å²) in [6.45, 7) is 4.69. The number of carbonyl (C=O) groups is 2. The van der Waals surface area contributed by atoms with Gasteiger partial charge in [-0.15, -0.1) is 46.4 Å². The van der Waals surface area contributed by atoms with E-state index in [0.717, 1.165) is 0 Å². The van der Waals surface area contributed by atoms with Crippen LogP contribution in [0.25, 0.3) is 0 Å². The van der Waals surface area contributed by atoms with E-state index < -0.39 is 31.4 Å². The van der Waals surface area contributed by atoms with E-state index in [2.05, 4.69) is 0 Å². The summed E-state index contributed by atoms with van der Waals surface area (Å²) in [6.07, 6.45) is 0.772. The molecule has 10 heteroatoms. The number of rotatable bonds is 11. The fraction of sp³-hybridized carbons (Fsp3) is 0.875. The molecule has 0 bridgehead atoms. The number of halogens is 4. The van der Waals surface area contributed by atoms with Crippen LogP contribution in [0.4, 0.5) is 0 Å². The van der Waals surface area contributed by atoms with Gasteiger partial charge in [-0.3, -0.25) is 9.59 Å². The molecule has 2 unspecified atom stereocenters. The minimum Gasteiger partial charge on any atom is -0.463 e. The smallest absolute Gasteiger partial charge is 0.315 e. The van der Waals surface area contributed by atoms with Gasteiger partial charge in [-0.2, -0.15) is 0 Å². The van der Waals surface area contributed by atoms with Crippen LogP contribution in [-0.4, -0.2) is 60.2 Å². The zero-order valence-corrected chi connectivity index (χ0v) is 17.6. The maximum atomic E-state index is 11.8. The minimum atomic E-state index is -1.03. The van der Waals surface area contributed by atoms with E-state index in [4.69, 9.17) is 65.4 Å². The highest BCUT2D eigenvalue weighted by molar-refractivity contribution is 6.53. The third-order valence-corrected chi connectivity index (χ3v) is 6.91. The molecule has 2 saturated carbocycles. The second-order valence-corrected chi connectivity index (χ2v) is 9.89. The van der Waals surface area contributed by atoms with Gasteiger partial charge >= 0.3 is 11.9 Å². The van der Waals surface area contributed by atoms with Crippen LogP contribution in [0.5, 0.6) is 0 Å². The Hall–Kier alpha value is 0.0200. The first-order valence-electron chi connectivity index (χ1n) is 8.22. The molecule has 6 nitrogen and oxygen atoms in total. The molecule has 0 radical (unpaired) electrons. The fourth-order valence-corrected chi connectivity index (χ4v) is 3.65. The number of ether oxygens (including phenoxy) is 4. The molecule has 0 aromatic heterocycles. The number of alkyl halides is 4. The van der Waals surface area contributed by atoms with Crippen LogP contribution >= 0.6 is 46.4 Å². The van der Waals surface area contributed by atoms with Crippen LogP contribution in [0, 0.1) is 10.8 Å². The first kappa shape index (κ1) is 22.3. The van der Waals surface area contributed by atoms with E-state index in [0.29, 0.717) is 26.1 Å². The summed E-state index contributed by atoms with van der Waals surface area (Å²) in [5, 5.41) is 0. The lowest BCUT2D eigenvalue weighted by Gasteiger charge is -2.12. The number of hydrogen-bond acceptors (Lipinski definition) is 6. The lowest BCUT2D eigenvalue weighted by Crippen LogP contribution is -2.23. The van der Waals surface area contributed by atoms with Crippen LogP contribution in [0.1, 0.15) is 26.7 Å². The van der Waals surface area contributed by atoms with Crippen LogP contribution in [0.2, 0.25) is 0 Å². The van der Waals surface area contributed by atoms with E-state index in [1.165, 1.54) is 0 Å². The minimum absolute atomic E-state index is 0.118. The van der Waals surface area contributed by atoms with Gasteiger partial charge in [-0.05, 0) is 13.8 Å². The molecule has 0 amide bonds. The van der Waals surface area contributed by atoms with Gasteiger partial charge in [0.15, 0.2) is 0 Å². The van der Waals surface area contributed by atoms with Crippen LogP contribution in [0.3, 0.4) is 0 Å². The normalized spacial score (nSPS) is 30.5. The average Bonchev–Trinajstić information content (AvgIpc) is 3.28.